The molecule has 0 spiro atoms. The van der Waals surface area contributed by atoms with E-state index in [0.29, 0.717) is 16.1 Å². The maximum absolute atomic E-state index is 14.1. The van der Waals surface area contributed by atoms with Crippen LogP contribution in [0.25, 0.3) is 11.3 Å². The Bertz CT molecular complexity index is 1020. The second kappa shape index (κ2) is 6.78. The summed E-state index contributed by atoms with van der Waals surface area (Å²) in [7, 11) is 1.59. The molecular formula is C17H14FN3O3S. The lowest BCUT2D eigenvalue weighted by molar-refractivity contribution is 0.367. The van der Waals surface area contributed by atoms with Crippen LogP contribution in [-0.2, 0) is 0 Å². The van der Waals surface area contributed by atoms with Gasteiger partial charge in [-0.1, -0.05) is 12.1 Å². The fraction of sp³-hybridized carbons (Fsp3) is 0.0588. The fourth-order valence-electron chi connectivity index (χ4n) is 2.23. The molecule has 128 valence electrons. The summed E-state index contributed by atoms with van der Waals surface area (Å²) in [6, 6.07) is 8.93. The van der Waals surface area contributed by atoms with E-state index in [2.05, 4.69) is 10.1 Å². The first-order valence-electron chi connectivity index (χ1n) is 7.19. The smallest absolute Gasteiger partial charge is 0.205 e. The highest BCUT2D eigenvalue weighted by Gasteiger charge is 2.12. The molecule has 8 heteroatoms. The Kier molecular flexibility index (Phi) is 4.53. The van der Waals surface area contributed by atoms with Crippen molar-refractivity contribution in [2.75, 3.05) is 7.05 Å². The molecule has 25 heavy (non-hydrogen) atoms. The largest absolute Gasteiger partial charge is 0.504 e. The summed E-state index contributed by atoms with van der Waals surface area (Å²) in [6.07, 6.45) is 1.29. The average Bonchev–Trinajstić information content (AvgIpc) is 3.02. The molecule has 0 saturated heterocycles. The van der Waals surface area contributed by atoms with Gasteiger partial charge in [0.25, 0.3) is 0 Å². The number of hydrogen-bond donors (Lipinski definition) is 3. The van der Waals surface area contributed by atoms with Crippen molar-refractivity contribution in [1.82, 2.24) is 4.68 Å². The lowest BCUT2D eigenvalue weighted by Crippen LogP contribution is -2.11. The molecule has 3 rings (SSSR count). The van der Waals surface area contributed by atoms with Gasteiger partial charge in [-0.05, 0) is 24.3 Å². The Morgan fingerprint density at radius 3 is 2.56 bits per heavy atom. The van der Waals surface area contributed by atoms with Gasteiger partial charge < -0.3 is 15.3 Å². The van der Waals surface area contributed by atoms with E-state index in [-0.39, 0.29) is 5.56 Å². The van der Waals surface area contributed by atoms with E-state index in [1.165, 1.54) is 40.4 Å². The number of aromatic hydroxyl groups is 3. The zero-order valence-electron chi connectivity index (χ0n) is 13.1. The molecule has 0 saturated carbocycles. The van der Waals surface area contributed by atoms with E-state index in [1.54, 1.807) is 30.6 Å². The molecule has 2 aromatic carbocycles. The normalized spacial score (nSPS) is 12.2. The van der Waals surface area contributed by atoms with Crippen molar-refractivity contribution in [3.8, 4) is 28.5 Å². The number of nitrogens with zero attached hydrogens (tertiary/aromatic N) is 3. The number of halogens is 1. The summed E-state index contributed by atoms with van der Waals surface area (Å²) in [5.74, 6) is -1.96. The van der Waals surface area contributed by atoms with Crippen LogP contribution in [0, 0.1) is 5.82 Å². The van der Waals surface area contributed by atoms with Gasteiger partial charge in [0, 0.05) is 23.6 Å². The van der Waals surface area contributed by atoms with Crippen LogP contribution in [0.5, 0.6) is 17.2 Å². The molecule has 0 atom stereocenters. The van der Waals surface area contributed by atoms with Crippen molar-refractivity contribution in [3.63, 3.8) is 0 Å². The first-order chi connectivity index (χ1) is 12.0. The van der Waals surface area contributed by atoms with Crippen molar-refractivity contribution in [2.24, 2.45) is 10.1 Å². The van der Waals surface area contributed by atoms with Gasteiger partial charge in [-0.25, -0.2) is 9.07 Å². The highest BCUT2D eigenvalue weighted by Crippen LogP contribution is 2.36. The monoisotopic (exact) mass is 359 g/mol. The molecule has 1 aromatic heterocycles. The SMILES string of the molecule is CN=c1scc(-c2ccccc2F)n1N=Cc1ccc(O)c(O)c1O. The van der Waals surface area contributed by atoms with Gasteiger partial charge in [0.05, 0.1) is 11.9 Å². The van der Waals surface area contributed by atoms with Crippen LogP contribution in [0.3, 0.4) is 0 Å². The standard InChI is InChI=1S/C17H14FN3O3S/c1-19-17-21(13(9-25-17)11-4-2-3-5-12(11)18)20-8-10-6-7-14(22)16(24)15(10)23/h2-9,22-24H,1H3. The van der Waals surface area contributed by atoms with E-state index in [1.807, 2.05) is 0 Å². The quantitative estimate of drug-likeness (QED) is 0.496. The number of benzene rings is 2. The summed E-state index contributed by atoms with van der Waals surface area (Å²) in [5.41, 5.74) is 1.06. The second-order valence-corrected chi connectivity index (χ2v) is 5.87. The van der Waals surface area contributed by atoms with E-state index >= 15 is 0 Å². The number of aromatic nitrogens is 1. The van der Waals surface area contributed by atoms with Crippen LogP contribution in [-0.4, -0.2) is 33.3 Å². The lowest BCUT2D eigenvalue weighted by atomic mass is 10.1. The van der Waals surface area contributed by atoms with Gasteiger partial charge in [-0.3, -0.25) is 4.99 Å². The minimum absolute atomic E-state index is 0.190. The highest BCUT2D eigenvalue weighted by atomic mass is 32.1. The van der Waals surface area contributed by atoms with Crippen LogP contribution in [0.15, 0.2) is 51.9 Å². The van der Waals surface area contributed by atoms with E-state index in [9.17, 15) is 19.7 Å². The number of hydrogen-bond acceptors (Lipinski definition) is 6. The molecule has 0 aliphatic rings. The number of thiazole rings is 1. The molecule has 0 unspecified atom stereocenters. The highest BCUT2D eigenvalue weighted by molar-refractivity contribution is 7.07. The van der Waals surface area contributed by atoms with Crippen LogP contribution < -0.4 is 4.80 Å². The van der Waals surface area contributed by atoms with Crippen molar-refractivity contribution in [3.05, 3.63) is 58.0 Å². The molecule has 0 aliphatic carbocycles. The Labute approximate surface area is 146 Å². The van der Waals surface area contributed by atoms with Crippen LogP contribution in [0.4, 0.5) is 4.39 Å². The molecule has 0 amide bonds. The molecule has 3 aromatic rings. The number of rotatable bonds is 3. The Morgan fingerprint density at radius 1 is 1.08 bits per heavy atom. The second-order valence-electron chi connectivity index (χ2n) is 5.03. The third-order valence-corrected chi connectivity index (χ3v) is 4.41. The van der Waals surface area contributed by atoms with Crippen LogP contribution in [0.1, 0.15) is 5.56 Å². The molecule has 3 N–H and O–H groups in total. The zero-order chi connectivity index (χ0) is 18.0. The minimum Gasteiger partial charge on any atom is -0.504 e. The molecule has 0 fully saturated rings. The molecule has 1 heterocycles. The van der Waals surface area contributed by atoms with Gasteiger partial charge in [0.15, 0.2) is 11.5 Å². The van der Waals surface area contributed by atoms with E-state index < -0.39 is 23.1 Å². The van der Waals surface area contributed by atoms with Crippen LogP contribution >= 0.6 is 11.3 Å². The van der Waals surface area contributed by atoms with E-state index in [4.69, 9.17) is 0 Å². The van der Waals surface area contributed by atoms with E-state index in [0.717, 1.165) is 0 Å². The van der Waals surface area contributed by atoms with Crippen molar-refractivity contribution in [2.45, 2.75) is 0 Å². The predicted molar refractivity (Wildman–Crippen MR) is 93.6 cm³/mol. The summed E-state index contributed by atoms with van der Waals surface area (Å²) < 4.78 is 15.5. The molecule has 0 bridgehead atoms. The zero-order valence-corrected chi connectivity index (χ0v) is 13.9. The van der Waals surface area contributed by atoms with Gasteiger partial charge in [0.2, 0.25) is 10.6 Å². The Hall–Kier alpha value is -3.13. The predicted octanol–water partition coefficient (Wildman–Crippen LogP) is 2.89. The maximum Gasteiger partial charge on any atom is 0.205 e. The summed E-state index contributed by atoms with van der Waals surface area (Å²) in [4.78, 5) is 4.63. The molecule has 0 aliphatic heterocycles. The molecular weight excluding hydrogens is 345 g/mol. The van der Waals surface area contributed by atoms with Crippen LogP contribution in [0.2, 0.25) is 0 Å². The van der Waals surface area contributed by atoms with Gasteiger partial charge in [-0.2, -0.15) is 5.10 Å². The third kappa shape index (κ3) is 3.11. The van der Waals surface area contributed by atoms with Gasteiger partial charge in [-0.15, -0.1) is 11.3 Å². The molecule has 6 nitrogen and oxygen atoms in total. The maximum atomic E-state index is 14.1. The minimum atomic E-state index is -0.631. The Balaban J connectivity index is 2.11. The summed E-state index contributed by atoms with van der Waals surface area (Å²) in [5, 5.41) is 34.8. The average molecular weight is 359 g/mol. The first-order valence-corrected chi connectivity index (χ1v) is 8.07. The summed E-state index contributed by atoms with van der Waals surface area (Å²) in [6.45, 7) is 0. The van der Waals surface area contributed by atoms with Crippen molar-refractivity contribution >= 4 is 17.6 Å². The first kappa shape index (κ1) is 16.7. The third-order valence-electron chi connectivity index (χ3n) is 3.50. The number of phenols is 3. The Morgan fingerprint density at radius 2 is 1.84 bits per heavy atom. The van der Waals surface area contributed by atoms with Gasteiger partial charge >= 0.3 is 0 Å². The molecule has 0 radical (unpaired) electrons. The van der Waals surface area contributed by atoms with Gasteiger partial charge in [0.1, 0.15) is 5.82 Å². The topological polar surface area (TPSA) is 90.3 Å². The lowest BCUT2D eigenvalue weighted by Gasteiger charge is -2.06. The van der Waals surface area contributed by atoms with Crippen molar-refractivity contribution < 1.29 is 19.7 Å². The summed E-state index contributed by atoms with van der Waals surface area (Å²) >= 11 is 1.29. The fourth-order valence-corrected chi connectivity index (χ4v) is 3.02. The number of phenolic OH excluding ortho intramolecular Hbond substituents is 3. The van der Waals surface area contributed by atoms with Crippen molar-refractivity contribution in [1.29, 1.82) is 0 Å².